The Morgan fingerprint density at radius 1 is 0.757 bits per heavy atom. The molecule has 4 aromatic rings. The minimum absolute atomic E-state index is 0.0379. The first-order valence-electron chi connectivity index (χ1n) is 10.1. The van der Waals surface area contributed by atoms with Gasteiger partial charge in [0.05, 0.1) is 22.3 Å². The van der Waals surface area contributed by atoms with Crippen molar-refractivity contribution in [3.05, 3.63) is 95.7 Å². The number of halogens is 6. The summed E-state index contributed by atoms with van der Waals surface area (Å²) in [5.74, 6) is -4.56. The zero-order valence-electron chi connectivity index (χ0n) is 18.1. The second-order valence-electron chi connectivity index (χ2n) is 7.19. The van der Waals surface area contributed by atoms with Gasteiger partial charge in [-0.05, 0) is 24.3 Å². The molecule has 0 aliphatic heterocycles. The van der Waals surface area contributed by atoms with Crippen molar-refractivity contribution in [1.82, 2.24) is 15.1 Å². The number of carbonyl (C=O) groups is 2. The number of amides is 2. The van der Waals surface area contributed by atoms with Gasteiger partial charge in [-0.3, -0.25) is 19.6 Å². The standard InChI is InChI=1S/C23H12F6N4O4/c24-22(25,26)16-6-8-30-10-14(16)19(34)33(20(35)15-11-31-9-7-17(15)23(27,28)29)21-18(12-32-37-21)36-13-4-2-1-3-5-13/h1-12H. The third-order valence-corrected chi connectivity index (χ3v) is 4.81. The summed E-state index contributed by atoms with van der Waals surface area (Å²) in [7, 11) is 0. The Balaban J connectivity index is 1.89. The summed E-state index contributed by atoms with van der Waals surface area (Å²) >= 11 is 0. The largest absolute Gasteiger partial charge is 0.450 e. The lowest BCUT2D eigenvalue weighted by molar-refractivity contribution is -0.138. The molecule has 0 N–H and O–H groups in total. The molecule has 0 spiro atoms. The maximum Gasteiger partial charge on any atom is 0.417 e. The molecule has 4 rings (SSSR count). The molecular formula is C23H12F6N4O4. The molecule has 0 saturated carbocycles. The molecule has 0 aliphatic rings. The van der Waals surface area contributed by atoms with Gasteiger partial charge in [-0.15, -0.1) is 0 Å². The molecule has 0 unspecified atom stereocenters. The molecule has 14 heteroatoms. The van der Waals surface area contributed by atoms with Gasteiger partial charge in [0.15, 0.2) is 0 Å². The van der Waals surface area contributed by atoms with Crippen molar-refractivity contribution in [3.63, 3.8) is 0 Å². The van der Waals surface area contributed by atoms with Crippen LogP contribution in [0.15, 0.2) is 78.0 Å². The summed E-state index contributed by atoms with van der Waals surface area (Å²) in [6.45, 7) is 0. The molecule has 0 atom stereocenters. The Kier molecular flexibility index (Phi) is 6.66. The number of pyridine rings is 2. The summed E-state index contributed by atoms with van der Waals surface area (Å²) in [6.07, 6.45) is -6.70. The molecule has 190 valence electrons. The number of carbonyl (C=O) groups excluding carboxylic acids is 2. The number of ether oxygens (including phenoxy) is 1. The summed E-state index contributed by atoms with van der Waals surface area (Å²) in [4.78, 5) is 33.8. The number of imide groups is 1. The van der Waals surface area contributed by atoms with E-state index in [1.54, 1.807) is 18.2 Å². The Morgan fingerprint density at radius 2 is 1.27 bits per heavy atom. The Labute approximate surface area is 203 Å². The topological polar surface area (TPSA) is 98.4 Å². The van der Waals surface area contributed by atoms with E-state index < -0.39 is 58.1 Å². The smallest absolute Gasteiger partial charge is 0.417 e. The van der Waals surface area contributed by atoms with Crippen LogP contribution in [-0.4, -0.2) is 26.9 Å². The number of hydrogen-bond acceptors (Lipinski definition) is 7. The van der Waals surface area contributed by atoms with Crippen molar-refractivity contribution in [2.45, 2.75) is 12.4 Å². The van der Waals surface area contributed by atoms with E-state index in [1.165, 1.54) is 12.1 Å². The summed E-state index contributed by atoms with van der Waals surface area (Å²) < 4.78 is 92.2. The number of nitrogens with zero attached hydrogens (tertiary/aromatic N) is 4. The van der Waals surface area contributed by atoms with Crippen LogP contribution in [0, 0.1) is 0 Å². The lowest BCUT2D eigenvalue weighted by atomic mass is 10.1. The molecule has 8 nitrogen and oxygen atoms in total. The van der Waals surface area contributed by atoms with E-state index in [2.05, 4.69) is 15.1 Å². The van der Waals surface area contributed by atoms with E-state index in [1.807, 2.05) is 0 Å². The zero-order chi connectivity index (χ0) is 26.8. The highest BCUT2D eigenvalue weighted by Crippen LogP contribution is 2.38. The second kappa shape index (κ2) is 9.72. The van der Waals surface area contributed by atoms with Crippen LogP contribution in [0.3, 0.4) is 0 Å². The van der Waals surface area contributed by atoms with Crippen LogP contribution in [0.1, 0.15) is 31.8 Å². The fraction of sp³-hybridized carbons (Fsp3) is 0.0870. The number of para-hydroxylation sites is 1. The minimum atomic E-state index is -5.07. The van der Waals surface area contributed by atoms with Gasteiger partial charge in [0.1, 0.15) is 11.9 Å². The van der Waals surface area contributed by atoms with Crippen LogP contribution in [-0.2, 0) is 12.4 Å². The van der Waals surface area contributed by atoms with Crippen molar-refractivity contribution in [3.8, 4) is 11.5 Å². The van der Waals surface area contributed by atoms with Crippen molar-refractivity contribution < 1.29 is 45.2 Å². The molecule has 3 heterocycles. The number of benzene rings is 1. The average molecular weight is 522 g/mol. The SMILES string of the molecule is O=C(c1cnccc1C(F)(F)F)N(C(=O)c1cnccc1C(F)(F)F)c1oncc1Oc1ccccc1. The van der Waals surface area contributed by atoms with Gasteiger partial charge in [-0.1, -0.05) is 23.4 Å². The molecule has 0 bridgehead atoms. The van der Waals surface area contributed by atoms with Gasteiger partial charge in [0.2, 0.25) is 5.75 Å². The molecule has 0 aliphatic carbocycles. The van der Waals surface area contributed by atoms with Gasteiger partial charge in [0, 0.05) is 24.8 Å². The summed E-state index contributed by atoms with van der Waals surface area (Å²) in [5, 5.41) is 3.41. The molecular weight excluding hydrogens is 510 g/mol. The molecule has 1 aromatic carbocycles. The van der Waals surface area contributed by atoms with Crippen LogP contribution in [0.25, 0.3) is 0 Å². The fourth-order valence-corrected chi connectivity index (χ4v) is 3.20. The zero-order valence-corrected chi connectivity index (χ0v) is 18.1. The maximum atomic E-state index is 13.6. The monoisotopic (exact) mass is 522 g/mol. The molecule has 37 heavy (non-hydrogen) atoms. The number of aromatic nitrogens is 3. The Morgan fingerprint density at radius 3 is 1.76 bits per heavy atom. The van der Waals surface area contributed by atoms with Gasteiger partial charge in [-0.25, -0.2) is 4.90 Å². The highest BCUT2D eigenvalue weighted by Gasteiger charge is 2.42. The minimum Gasteiger partial charge on any atom is -0.450 e. The molecule has 0 fully saturated rings. The van der Waals surface area contributed by atoms with Crippen molar-refractivity contribution in [2.24, 2.45) is 0 Å². The van der Waals surface area contributed by atoms with Crippen LogP contribution in [0.5, 0.6) is 11.5 Å². The quantitative estimate of drug-likeness (QED) is 0.242. The Bertz CT molecular complexity index is 1370. The van der Waals surface area contributed by atoms with E-state index in [0.717, 1.165) is 18.6 Å². The normalized spacial score (nSPS) is 11.7. The number of anilines is 1. The van der Waals surface area contributed by atoms with Crippen LogP contribution in [0.4, 0.5) is 32.2 Å². The molecule has 2 amide bonds. The molecule has 3 aromatic heterocycles. The predicted molar refractivity (Wildman–Crippen MR) is 113 cm³/mol. The van der Waals surface area contributed by atoms with E-state index in [4.69, 9.17) is 9.26 Å². The van der Waals surface area contributed by atoms with E-state index in [0.29, 0.717) is 24.5 Å². The molecule has 0 saturated heterocycles. The highest BCUT2D eigenvalue weighted by atomic mass is 19.4. The van der Waals surface area contributed by atoms with Crippen LogP contribution >= 0.6 is 0 Å². The van der Waals surface area contributed by atoms with Gasteiger partial charge < -0.3 is 9.26 Å². The lowest BCUT2D eigenvalue weighted by Gasteiger charge is -2.22. The van der Waals surface area contributed by atoms with Crippen LogP contribution < -0.4 is 9.64 Å². The van der Waals surface area contributed by atoms with Crippen molar-refractivity contribution in [2.75, 3.05) is 4.90 Å². The van der Waals surface area contributed by atoms with Gasteiger partial charge in [0.25, 0.3) is 17.7 Å². The Hall–Kier alpha value is -4.75. The first kappa shape index (κ1) is 25.3. The fourth-order valence-electron chi connectivity index (χ4n) is 3.20. The van der Waals surface area contributed by atoms with Crippen molar-refractivity contribution >= 4 is 17.7 Å². The van der Waals surface area contributed by atoms with E-state index >= 15 is 0 Å². The van der Waals surface area contributed by atoms with Gasteiger partial charge in [-0.2, -0.15) is 26.3 Å². The third kappa shape index (κ3) is 5.27. The summed E-state index contributed by atoms with van der Waals surface area (Å²) in [6, 6.07) is 8.63. The van der Waals surface area contributed by atoms with Crippen molar-refractivity contribution in [1.29, 1.82) is 0 Å². The van der Waals surface area contributed by atoms with E-state index in [-0.39, 0.29) is 10.6 Å². The number of hydrogen-bond donors (Lipinski definition) is 0. The first-order valence-corrected chi connectivity index (χ1v) is 10.1. The number of alkyl halides is 6. The number of rotatable bonds is 5. The first-order chi connectivity index (χ1) is 17.5. The third-order valence-electron chi connectivity index (χ3n) is 4.81. The van der Waals surface area contributed by atoms with E-state index in [9.17, 15) is 35.9 Å². The predicted octanol–water partition coefficient (Wildman–Crippen LogP) is 5.78. The summed E-state index contributed by atoms with van der Waals surface area (Å²) in [5.41, 5.74) is -5.25. The highest BCUT2D eigenvalue weighted by molar-refractivity contribution is 6.26. The maximum absolute atomic E-state index is 13.6. The van der Waals surface area contributed by atoms with Crippen LogP contribution in [0.2, 0.25) is 0 Å². The van der Waals surface area contributed by atoms with Gasteiger partial charge >= 0.3 is 12.4 Å². The molecule has 0 radical (unpaired) electrons. The average Bonchev–Trinajstić information content (AvgIpc) is 3.31. The lowest BCUT2D eigenvalue weighted by Crippen LogP contribution is -2.39. The second-order valence-corrected chi connectivity index (χ2v) is 7.19.